The maximum absolute atomic E-state index is 12.3. The van der Waals surface area contributed by atoms with E-state index in [4.69, 9.17) is 0 Å². The van der Waals surface area contributed by atoms with Crippen LogP contribution in [0, 0.1) is 6.92 Å². The fourth-order valence-electron chi connectivity index (χ4n) is 3.14. The van der Waals surface area contributed by atoms with Gasteiger partial charge in [-0.3, -0.25) is 4.79 Å². The van der Waals surface area contributed by atoms with Gasteiger partial charge in [-0.05, 0) is 42.8 Å². The van der Waals surface area contributed by atoms with Crippen LogP contribution in [0.1, 0.15) is 23.3 Å². The number of hydrogen-bond donors (Lipinski definition) is 0. The number of aryl methyl sites for hydroxylation is 2. The summed E-state index contributed by atoms with van der Waals surface area (Å²) in [5.74, 6) is 0.311. The van der Waals surface area contributed by atoms with Gasteiger partial charge in [0.2, 0.25) is 5.91 Å². The zero-order valence-corrected chi connectivity index (χ0v) is 14.5. The molecule has 2 aromatic rings. The van der Waals surface area contributed by atoms with Gasteiger partial charge >= 0.3 is 0 Å². The highest BCUT2D eigenvalue weighted by atomic mass is 32.1. The van der Waals surface area contributed by atoms with Crippen LogP contribution in [0.4, 0.5) is 5.69 Å². The Morgan fingerprint density at radius 1 is 1.09 bits per heavy atom. The average Bonchev–Trinajstić information content (AvgIpc) is 3.09. The molecule has 3 rings (SSSR count). The molecule has 1 aromatic carbocycles. The number of carbonyl (C=O) groups excluding carboxylic acids is 1. The van der Waals surface area contributed by atoms with E-state index in [0.29, 0.717) is 12.3 Å². The van der Waals surface area contributed by atoms with Crippen molar-refractivity contribution in [2.75, 3.05) is 31.1 Å². The first-order valence-corrected chi connectivity index (χ1v) is 9.23. The number of benzene rings is 1. The van der Waals surface area contributed by atoms with E-state index >= 15 is 0 Å². The van der Waals surface area contributed by atoms with Crippen LogP contribution in [-0.4, -0.2) is 37.0 Å². The summed E-state index contributed by atoms with van der Waals surface area (Å²) in [5.41, 5.74) is 2.61. The van der Waals surface area contributed by atoms with Crippen LogP contribution in [0.15, 0.2) is 41.8 Å². The summed E-state index contributed by atoms with van der Waals surface area (Å²) >= 11 is 1.78. The van der Waals surface area contributed by atoms with Gasteiger partial charge in [0.25, 0.3) is 0 Å². The molecule has 3 nitrogen and oxygen atoms in total. The number of nitrogens with zero attached hydrogens (tertiary/aromatic N) is 2. The van der Waals surface area contributed by atoms with Gasteiger partial charge in [0.15, 0.2) is 0 Å². The van der Waals surface area contributed by atoms with Crippen LogP contribution in [0.25, 0.3) is 0 Å². The predicted octanol–water partition coefficient (Wildman–Crippen LogP) is 3.73. The molecule has 0 aliphatic carbocycles. The van der Waals surface area contributed by atoms with Crippen molar-refractivity contribution in [1.29, 1.82) is 0 Å². The minimum atomic E-state index is 0.311. The first-order valence-electron chi connectivity index (χ1n) is 8.35. The Morgan fingerprint density at radius 2 is 1.87 bits per heavy atom. The molecule has 1 fully saturated rings. The van der Waals surface area contributed by atoms with E-state index in [1.807, 2.05) is 4.90 Å². The molecule has 4 heteroatoms. The maximum Gasteiger partial charge on any atom is 0.222 e. The fraction of sp³-hybridized carbons (Fsp3) is 0.421. The van der Waals surface area contributed by atoms with Gasteiger partial charge in [0.1, 0.15) is 0 Å². The Bertz CT molecular complexity index is 631. The topological polar surface area (TPSA) is 23.6 Å². The Labute approximate surface area is 142 Å². The van der Waals surface area contributed by atoms with Crippen molar-refractivity contribution in [2.45, 2.75) is 26.2 Å². The second kappa shape index (κ2) is 7.64. The lowest BCUT2D eigenvalue weighted by atomic mass is 10.1. The van der Waals surface area contributed by atoms with Gasteiger partial charge in [0, 0.05) is 43.2 Å². The van der Waals surface area contributed by atoms with E-state index in [-0.39, 0.29) is 0 Å². The number of carbonyl (C=O) groups is 1. The first kappa shape index (κ1) is 16.1. The Kier molecular flexibility index (Phi) is 5.34. The van der Waals surface area contributed by atoms with E-state index in [2.05, 4.69) is 53.6 Å². The fourth-order valence-corrected chi connectivity index (χ4v) is 3.89. The van der Waals surface area contributed by atoms with Gasteiger partial charge in [-0.2, -0.15) is 0 Å². The van der Waals surface area contributed by atoms with Crippen molar-refractivity contribution in [1.82, 2.24) is 4.90 Å². The van der Waals surface area contributed by atoms with Crippen molar-refractivity contribution in [3.8, 4) is 0 Å². The third kappa shape index (κ3) is 4.14. The van der Waals surface area contributed by atoms with Crippen molar-refractivity contribution in [3.05, 3.63) is 52.2 Å². The monoisotopic (exact) mass is 328 g/mol. The molecule has 0 atom stereocenters. The minimum Gasteiger partial charge on any atom is -0.368 e. The molecule has 0 radical (unpaired) electrons. The summed E-state index contributed by atoms with van der Waals surface area (Å²) in [5, 5.41) is 2.10. The molecule has 0 unspecified atom stereocenters. The lowest BCUT2D eigenvalue weighted by molar-refractivity contribution is -0.131. The molecule has 122 valence electrons. The Hall–Kier alpha value is -1.81. The smallest absolute Gasteiger partial charge is 0.222 e. The average molecular weight is 328 g/mol. The highest BCUT2D eigenvalue weighted by molar-refractivity contribution is 7.09. The van der Waals surface area contributed by atoms with Crippen LogP contribution in [0.5, 0.6) is 0 Å². The van der Waals surface area contributed by atoms with Gasteiger partial charge in [-0.15, -0.1) is 11.3 Å². The van der Waals surface area contributed by atoms with Crippen LogP contribution >= 0.6 is 11.3 Å². The summed E-state index contributed by atoms with van der Waals surface area (Å²) in [6.07, 6.45) is 2.65. The molecule has 2 heterocycles. The van der Waals surface area contributed by atoms with Crippen LogP contribution in [0.2, 0.25) is 0 Å². The summed E-state index contributed by atoms with van der Waals surface area (Å²) < 4.78 is 0. The van der Waals surface area contributed by atoms with Gasteiger partial charge < -0.3 is 9.80 Å². The summed E-state index contributed by atoms with van der Waals surface area (Å²) in [6.45, 7) is 5.69. The Balaban J connectivity index is 1.45. The third-order valence-corrected chi connectivity index (χ3v) is 5.42. The summed E-state index contributed by atoms with van der Waals surface area (Å²) in [7, 11) is 0. The van der Waals surface area contributed by atoms with E-state index in [1.165, 1.54) is 16.1 Å². The van der Waals surface area contributed by atoms with Crippen LogP contribution < -0.4 is 4.90 Å². The quantitative estimate of drug-likeness (QED) is 0.835. The van der Waals surface area contributed by atoms with Crippen molar-refractivity contribution in [2.24, 2.45) is 0 Å². The summed E-state index contributed by atoms with van der Waals surface area (Å²) in [4.78, 5) is 18.1. The lowest BCUT2D eigenvalue weighted by Crippen LogP contribution is -2.49. The van der Waals surface area contributed by atoms with Crippen molar-refractivity contribution in [3.63, 3.8) is 0 Å². The van der Waals surface area contributed by atoms with E-state index < -0.39 is 0 Å². The van der Waals surface area contributed by atoms with Crippen LogP contribution in [-0.2, 0) is 11.2 Å². The molecule has 1 aliphatic rings. The van der Waals surface area contributed by atoms with Gasteiger partial charge in [-0.1, -0.05) is 24.3 Å². The Morgan fingerprint density at radius 3 is 2.57 bits per heavy atom. The molecule has 0 saturated carbocycles. The molecule has 1 aliphatic heterocycles. The number of thiophene rings is 1. The minimum absolute atomic E-state index is 0.311. The molecule has 23 heavy (non-hydrogen) atoms. The van der Waals surface area contributed by atoms with E-state index in [9.17, 15) is 4.79 Å². The predicted molar refractivity (Wildman–Crippen MR) is 97.2 cm³/mol. The molecule has 0 N–H and O–H groups in total. The molecule has 0 spiro atoms. The van der Waals surface area contributed by atoms with E-state index in [1.54, 1.807) is 11.3 Å². The second-order valence-corrected chi connectivity index (χ2v) is 7.12. The highest BCUT2D eigenvalue weighted by Crippen LogP contribution is 2.21. The largest absolute Gasteiger partial charge is 0.368 e. The maximum atomic E-state index is 12.3. The normalized spacial score (nSPS) is 15.0. The molecule has 1 aromatic heterocycles. The number of anilines is 1. The van der Waals surface area contributed by atoms with Crippen molar-refractivity contribution >= 4 is 22.9 Å². The van der Waals surface area contributed by atoms with Gasteiger partial charge in [0.05, 0.1) is 0 Å². The number of amides is 1. The standard InChI is InChI=1S/C19H24N2OS/c1-16-6-2-3-9-18(16)20-11-13-21(14-12-20)19(22)10-4-7-17-8-5-15-23-17/h2-3,5-6,8-9,15H,4,7,10-14H2,1H3. The third-order valence-electron chi connectivity index (χ3n) is 4.48. The van der Waals surface area contributed by atoms with Crippen LogP contribution in [0.3, 0.4) is 0 Å². The highest BCUT2D eigenvalue weighted by Gasteiger charge is 2.21. The zero-order valence-electron chi connectivity index (χ0n) is 13.7. The van der Waals surface area contributed by atoms with Gasteiger partial charge in [-0.25, -0.2) is 0 Å². The lowest BCUT2D eigenvalue weighted by Gasteiger charge is -2.36. The van der Waals surface area contributed by atoms with Crippen molar-refractivity contribution < 1.29 is 4.79 Å². The number of rotatable bonds is 5. The number of piperazine rings is 1. The first-order chi connectivity index (χ1) is 11.2. The number of hydrogen-bond acceptors (Lipinski definition) is 3. The molecule has 0 bridgehead atoms. The SMILES string of the molecule is Cc1ccccc1N1CCN(C(=O)CCCc2cccs2)CC1. The molecule has 1 saturated heterocycles. The second-order valence-electron chi connectivity index (χ2n) is 6.09. The molecule has 1 amide bonds. The molecular formula is C19H24N2OS. The van der Waals surface area contributed by atoms with E-state index in [0.717, 1.165) is 39.0 Å². The summed E-state index contributed by atoms with van der Waals surface area (Å²) in [6, 6.07) is 12.7. The number of para-hydroxylation sites is 1. The zero-order chi connectivity index (χ0) is 16.1. The molecular weight excluding hydrogens is 304 g/mol.